The van der Waals surface area contributed by atoms with E-state index in [1.54, 1.807) is 18.2 Å². The third-order valence-electron chi connectivity index (χ3n) is 4.89. The van der Waals surface area contributed by atoms with Gasteiger partial charge in [0.25, 0.3) is 0 Å². The van der Waals surface area contributed by atoms with E-state index in [0.29, 0.717) is 16.5 Å². The molecule has 0 aliphatic rings. The Morgan fingerprint density at radius 3 is 2.48 bits per heavy atom. The molecule has 1 atom stereocenters. The van der Waals surface area contributed by atoms with Crippen molar-refractivity contribution in [3.8, 4) is 5.75 Å². The van der Waals surface area contributed by atoms with E-state index in [9.17, 15) is 13.2 Å². The van der Waals surface area contributed by atoms with Gasteiger partial charge >= 0.3 is 0 Å². The number of carbonyl (C=O) groups is 1. The quantitative estimate of drug-likeness (QED) is 0.512. The molecule has 0 aromatic heterocycles. The van der Waals surface area contributed by atoms with Crippen molar-refractivity contribution in [1.82, 2.24) is 5.32 Å². The van der Waals surface area contributed by atoms with E-state index < -0.39 is 22.0 Å². The van der Waals surface area contributed by atoms with Gasteiger partial charge in [0.05, 0.1) is 18.5 Å². The van der Waals surface area contributed by atoms with Crippen LogP contribution in [0.2, 0.25) is 5.02 Å². The highest BCUT2D eigenvalue weighted by Gasteiger charge is 2.29. The lowest BCUT2D eigenvalue weighted by atomic mass is 10.1. The van der Waals surface area contributed by atoms with Crippen molar-refractivity contribution < 1.29 is 17.9 Å². The number of hydrogen-bond donors (Lipinski definition) is 1. The highest BCUT2D eigenvalue weighted by atomic mass is 35.5. The van der Waals surface area contributed by atoms with Crippen LogP contribution in [-0.4, -0.2) is 39.8 Å². The number of sulfonamides is 1. The maximum Gasteiger partial charge on any atom is 0.243 e. The molecule has 3 rings (SSSR count). The number of halogens is 1. The van der Waals surface area contributed by atoms with Crippen molar-refractivity contribution >= 4 is 44.0 Å². The predicted molar refractivity (Wildman–Crippen MR) is 125 cm³/mol. The summed E-state index contributed by atoms with van der Waals surface area (Å²) in [4.78, 5) is 12.6. The van der Waals surface area contributed by atoms with E-state index in [2.05, 4.69) is 5.32 Å². The van der Waals surface area contributed by atoms with Gasteiger partial charge < -0.3 is 10.1 Å². The third-order valence-corrected chi connectivity index (χ3v) is 6.54. The highest BCUT2D eigenvalue weighted by molar-refractivity contribution is 7.92. The van der Waals surface area contributed by atoms with Crippen LogP contribution >= 0.6 is 11.6 Å². The smallest absolute Gasteiger partial charge is 0.243 e. The second-order valence-electron chi connectivity index (χ2n) is 7.32. The number of aryl methyl sites for hydroxylation is 1. The minimum Gasteiger partial charge on any atom is -0.492 e. The van der Waals surface area contributed by atoms with Crippen LogP contribution in [0.1, 0.15) is 12.5 Å². The number of benzene rings is 3. The van der Waals surface area contributed by atoms with Crippen LogP contribution in [0.5, 0.6) is 5.75 Å². The summed E-state index contributed by atoms with van der Waals surface area (Å²) in [7, 11) is -3.70. The largest absolute Gasteiger partial charge is 0.492 e. The zero-order valence-corrected chi connectivity index (χ0v) is 19.2. The molecule has 0 fully saturated rings. The number of nitrogens with one attached hydrogen (secondary N) is 1. The van der Waals surface area contributed by atoms with E-state index in [0.717, 1.165) is 26.9 Å². The average Bonchev–Trinajstić information content (AvgIpc) is 2.72. The molecule has 0 heterocycles. The molecule has 164 valence electrons. The first-order chi connectivity index (χ1) is 14.7. The average molecular weight is 461 g/mol. The van der Waals surface area contributed by atoms with E-state index in [1.807, 2.05) is 49.4 Å². The van der Waals surface area contributed by atoms with Crippen molar-refractivity contribution in [2.45, 2.75) is 19.9 Å². The monoisotopic (exact) mass is 460 g/mol. The van der Waals surface area contributed by atoms with Crippen LogP contribution in [0.25, 0.3) is 10.8 Å². The van der Waals surface area contributed by atoms with Crippen LogP contribution in [-0.2, 0) is 14.8 Å². The van der Waals surface area contributed by atoms with Crippen LogP contribution in [0.4, 0.5) is 5.69 Å². The fourth-order valence-corrected chi connectivity index (χ4v) is 4.62. The molecule has 6 nitrogen and oxygen atoms in total. The maximum absolute atomic E-state index is 12.6. The second-order valence-corrected chi connectivity index (χ2v) is 9.58. The summed E-state index contributed by atoms with van der Waals surface area (Å²) >= 11 is 6.15. The highest BCUT2D eigenvalue weighted by Crippen LogP contribution is 2.26. The molecule has 0 aliphatic heterocycles. The molecule has 8 heteroatoms. The molecule has 0 radical (unpaired) electrons. The Morgan fingerprint density at radius 1 is 1.10 bits per heavy atom. The van der Waals surface area contributed by atoms with Gasteiger partial charge in [-0.1, -0.05) is 48.0 Å². The number of rotatable bonds is 8. The van der Waals surface area contributed by atoms with Gasteiger partial charge in [-0.25, -0.2) is 8.42 Å². The number of fused-ring (bicyclic) bond motifs is 1. The molecule has 0 saturated carbocycles. The lowest BCUT2D eigenvalue weighted by molar-refractivity contribution is -0.121. The minimum atomic E-state index is -3.70. The van der Waals surface area contributed by atoms with Gasteiger partial charge in [0.2, 0.25) is 15.9 Å². The number of hydrogen-bond acceptors (Lipinski definition) is 4. The summed E-state index contributed by atoms with van der Waals surface area (Å²) in [6.07, 6.45) is 1.06. The van der Waals surface area contributed by atoms with Gasteiger partial charge in [-0.3, -0.25) is 9.10 Å². The first-order valence-corrected chi connectivity index (χ1v) is 12.0. The minimum absolute atomic E-state index is 0.238. The molecular formula is C23H25ClN2O4S. The van der Waals surface area contributed by atoms with Gasteiger partial charge in [-0.15, -0.1) is 0 Å². The summed E-state index contributed by atoms with van der Waals surface area (Å²) < 4.78 is 31.5. The lowest BCUT2D eigenvalue weighted by Crippen LogP contribution is -2.48. The van der Waals surface area contributed by atoms with Crippen LogP contribution in [0.3, 0.4) is 0 Å². The topological polar surface area (TPSA) is 75.7 Å². The number of amides is 1. The Morgan fingerprint density at radius 2 is 1.81 bits per heavy atom. The molecule has 1 N–H and O–H groups in total. The van der Waals surface area contributed by atoms with E-state index in [1.165, 1.54) is 6.92 Å². The molecule has 0 spiro atoms. The zero-order valence-electron chi connectivity index (χ0n) is 17.6. The van der Waals surface area contributed by atoms with Crippen molar-refractivity contribution in [3.63, 3.8) is 0 Å². The SMILES string of the molecule is Cc1ccc(N([C@@H](C)C(=O)NCCOc2ccc3ccccc3c2)S(C)(=O)=O)cc1Cl. The summed E-state index contributed by atoms with van der Waals surface area (Å²) in [6.45, 7) is 3.85. The summed E-state index contributed by atoms with van der Waals surface area (Å²) in [6, 6.07) is 17.7. The van der Waals surface area contributed by atoms with E-state index >= 15 is 0 Å². The van der Waals surface area contributed by atoms with Gasteiger partial charge in [0.1, 0.15) is 18.4 Å². The zero-order chi connectivity index (χ0) is 22.6. The van der Waals surface area contributed by atoms with Crippen LogP contribution in [0, 0.1) is 6.92 Å². The molecule has 0 saturated heterocycles. The summed E-state index contributed by atoms with van der Waals surface area (Å²) in [5.41, 5.74) is 1.16. The molecule has 0 aliphatic carbocycles. The Balaban J connectivity index is 1.61. The first-order valence-electron chi connectivity index (χ1n) is 9.81. The number of nitrogens with zero attached hydrogens (tertiary/aromatic N) is 1. The third kappa shape index (κ3) is 5.68. The Labute approximate surface area is 187 Å². The van der Waals surface area contributed by atoms with Crippen molar-refractivity contribution in [3.05, 3.63) is 71.2 Å². The summed E-state index contributed by atoms with van der Waals surface area (Å²) in [5, 5.41) is 5.36. The molecule has 0 bridgehead atoms. The molecular weight excluding hydrogens is 436 g/mol. The van der Waals surface area contributed by atoms with Gasteiger partial charge in [-0.05, 0) is 54.4 Å². The Kier molecular flexibility index (Phi) is 7.08. The first kappa shape index (κ1) is 22.9. The van der Waals surface area contributed by atoms with E-state index in [-0.39, 0.29) is 13.2 Å². The van der Waals surface area contributed by atoms with Crippen molar-refractivity contribution in [2.75, 3.05) is 23.7 Å². The standard InChI is InChI=1S/C23H25ClN2O4S/c1-16-8-10-20(15-22(16)24)26(31(3,28)29)17(2)23(27)25-12-13-30-21-11-9-18-6-4-5-7-19(18)14-21/h4-11,14-15,17H,12-13H2,1-3H3,(H,25,27)/t17-/m0/s1. The summed E-state index contributed by atoms with van der Waals surface area (Å²) in [5.74, 6) is 0.275. The van der Waals surface area contributed by atoms with Crippen molar-refractivity contribution in [1.29, 1.82) is 0 Å². The molecule has 3 aromatic carbocycles. The van der Waals surface area contributed by atoms with Gasteiger partial charge in [-0.2, -0.15) is 0 Å². The molecule has 0 unspecified atom stereocenters. The Bertz CT molecular complexity index is 1200. The van der Waals surface area contributed by atoms with Crippen LogP contribution < -0.4 is 14.4 Å². The second kappa shape index (κ2) is 9.58. The van der Waals surface area contributed by atoms with E-state index in [4.69, 9.17) is 16.3 Å². The fraction of sp³-hybridized carbons (Fsp3) is 0.261. The van der Waals surface area contributed by atoms with Crippen molar-refractivity contribution in [2.24, 2.45) is 0 Å². The van der Waals surface area contributed by atoms with Gasteiger partial charge in [0, 0.05) is 5.02 Å². The maximum atomic E-state index is 12.6. The Hall–Kier alpha value is -2.77. The fourth-order valence-electron chi connectivity index (χ4n) is 3.28. The molecule has 31 heavy (non-hydrogen) atoms. The lowest BCUT2D eigenvalue weighted by Gasteiger charge is -2.28. The number of carbonyl (C=O) groups excluding carboxylic acids is 1. The predicted octanol–water partition coefficient (Wildman–Crippen LogP) is 4.15. The number of anilines is 1. The van der Waals surface area contributed by atoms with Gasteiger partial charge in [0.15, 0.2) is 0 Å². The number of ether oxygens (including phenoxy) is 1. The van der Waals surface area contributed by atoms with Crippen LogP contribution in [0.15, 0.2) is 60.7 Å². The molecule has 3 aromatic rings. The molecule has 1 amide bonds. The normalized spacial score (nSPS) is 12.4.